The smallest absolute Gasteiger partial charge is 0.251 e. The summed E-state index contributed by atoms with van der Waals surface area (Å²) in [6.45, 7) is 0.524. The Morgan fingerprint density at radius 1 is 1.37 bits per heavy atom. The van der Waals surface area contributed by atoms with Crippen LogP contribution < -0.4 is 5.32 Å². The molecule has 0 spiro atoms. The topological polar surface area (TPSA) is 46.9 Å². The molecule has 4 nitrogen and oxygen atoms in total. The molecule has 0 bridgehead atoms. The third-order valence-corrected chi connectivity index (χ3v) is 3.35. The first kappa shape index (κ1) is 13.9. The van der Waals surface area contributed by atoms with Gasteiger partial charge in [0.05, 0.1) is 22.1 Å². The minimum absolute atomic E-state index is 0.172. The Balaban J connectivity index is 1.89. The number of carbonyl (C=O) groups excluding carboxylic acids is 1. The van der Waals surface area contributed by atoms with Gasteiger partial charge in [0, 0.05) is 31.8 Å². The Hall–Kier alpha value is -1.52. The molecule has 1 amide bonds. The molecule has 6 heteroatoms. The standard InChI is InChI=1S/C13H13Cl2N3O/c1-18-7-10(17-8-18)4-5-16-13(19)9-2-3-11(14)12(15)6-9/h2-3,6-8H,4-5H2,1H3,(H,16,19). The number of nitrogens with zero attached hydrogens (tertiary/aromatic N) is 2. The van der Waals surface area contributed by atoms with Crippen LogP contribution in [0.15, 0.2) is 30.7 Å². The lowest BCUT2D eigenvalue weighted by Crippen LogP contribution is -2.25. The van der Waals surface area contributed by atoms with Gasteiger partial charge in [-0.05, 0) is 18.2 Å². The minimum atomic E-state index is -0.172. The van der Waals surface area contributed by atoms with Crippen molar-refractivity contribution in [2.24, 2.45) is 7.05 Å². The van der Waals surface area contributed by atoms with Gasteiger partial charge in [-0.1, -0.05) is 23.2 Å². The summed E-state index contributed by atoms with van der Waals surface area (Å²) < 4.78 is 1.87. The van der Waals surface area contributed by atoms with Crippen LogP contribution in [0.5, 0.6) is 0 Å². The van der Waals surface area contributed by atoms with Crippen molar-refractivity contribution in [3.63, 3.8) is 0 Å². The van der Waals surface area contributed by atoms with Gasteiger partial charge in [0.1, 0.15) is 0 Å². The summed E-state index contributed by atoms with van der Waals surface area (Å²) in [7, 11) is 1.91. The molecule has 0 atom stereocenters. The van der Waals surface area contributed by atoms with Gasteiger partial charge in [0.15, 0.2) is 0 Å². The SMILES string of the molecule is Cn1cnc(CCNC(=O)c2ccc(Cl)c(Cl)c2)c1. The van der Waals surface area contributed by atoms with Gasteiger partial charge in [-0.25, -0.2) is 4.98 Å². The zero-order valence-electron chi connectivity index (χ0n) is 10.4. The number of carbonyl (C=O) groups is 1. The molecule has 2 rings (SSSR count). The summed E-state index contributed by atoms with van der Waals surface area (Å²) in [6.07, 6.45) is 4.34. The molecule has 0 unspecified atom stereocenters. The normalized spacial score (nSPS) is 10.5. The fraction of sp³-hybridized carbons (Fsp3) is 0.231. The first-order valence-electron chi connectivity index (χ1n) is 5.76. The van der Waals surface area contributed by atoms with Crippen LogP contribution in [0.4, 0.5) is 0 Å². The summed E-state index contributed by atoms with van der Waals surface area (Å²) in [5.41, 5.74) is 1.44. The lowest BCUT2D eigenvalue weighted by Gasteiger charge is -2.05. The molecular weight excluding hydrogens is 285 g/mol. The molecule has 1 N–H and O–H groups in total. The number of hydrogen-bond acceptors (Lipinski definition) is 2. The number of aryl methyl sites for hydroxylation is 1. The second kappa shape index (κ2) is 6.08. The molecule has 100 valence electrons. The Kier molecular flexibility index (Phi) is 4.45. The summed E-state index contributed by atoms with van der Waals surface area (Å²) in [5, 5.41) is 3.62. The third-order valence-electron chi connectivity index (χ3n) is 2.61. The average molecular weight is 298 g/mol. The van der Waals surface area contributed by atoms with Crippen LogP contribution in [0.1, 0.15) is 16.1 Å². The van der Waals surface area contributed by atoms with Crippen molar-refractivity contribution in [2.45, 2.75) is 6.42 Å². The van der Waals surface area contributed by atoms with E-state index < -0.39 is 0 Å². The van der Waals surface area contributed by atoms with Crippen molar-refractivity contribution in [3.05, 3.63) is 52.0 Å². The summed E-state index contributed by atoms with van der Waals surface area (Å²) in [4.78, 5) is 16.0. The van der Waals surface area contributed by atoms with Gasteiger partial charge in [0.2, 0.25) is 0 Å². The Morgan fingerprint density at radius 3 is 2.79 bits per heavy atom. The Labute approximate surface area is 121 Å². The highest BCUT2D eigenvalue weighted by molar-refractivity contribution is 6.42. The molecule has 0 radical (unpaired) electrons. The molecule has 0 saturated carbocycles. The number of nitrogens with one attached hydrogen (secondary N) is 1. The maximum Gasteiger partial charge on any atom is 0.251 e. The van der Waals surface area contributed by atoms with E-state index in [1.54, 1.807) is 24.5 Å². The maximum atomic E-state index is 11.9. The van der Waals surface area contributed by atoms with Crippen molar-refractivity contribution in [1.29, 1.82) is 0 Å². The second-order valence-corrected chi connectivity index (χ2v) is 4.98. The summed E-state index contributed by atoms with van der Waals surface area (Å²) in [6, 6.07) is 4.81. The van der Waals surface area contributed by atoms with Crippen LogP contribution >= 0.6 is 23.2 Å². The van der Waals surface area contributed by atoms with Crippen LogP contribution in [0.3, 0.4) is 0 Å². The zero-order chi connectivity index (χ0) is 13.8. The molecule has 1 aromatic carbocycles. The minimum Gasteiger partial charge on any atom is -0.352 e. The Bertz CT molecular complexity index is 595. The highest BCUT2D eigenvalue weighted by atomic mass is 35.5. The third kappa shape index (κ3) is 3.72. The fourth-order valence-electron chi connectivity index (χ4n) is 1.64. The van der Waals surface area contributed by atoms with Crippen molar-refractivity contribution >= 4 is 29.1 Å². The highest BCUT2D eigenvalue weighted by Crippen LogP contribution is 2.22. The van der Waals surface area contributed by atoms with Crippen molar-refractivity contribution in [2.75, 3.05) is 6.54 Å². The van der Waals surface area contributed by atoms with E-state index in [1.165, 1.54) is 0 Å². The van der Waals surface area contributed by atoms with E-state index in [9.17, 15) is 4.79 Å². The molecule has 19 heavy (non-hydrogen) atoms. The van der Waals surface area contributed by atoms with E-state index in [-0.39, 0.29) is 5.91 Å². The number of imidazole rings is 1. The van der Waals surface area contributed by atoms with Crippen LogP contribution in [0, 0.1) is 0 Å². The molecular formula is C13H13Cl2N3O. The van der Waals surface area contributed by atoms with E-state index in [4.69, 9.17) is 23.2 Å². The summed E-state index contributed by atoms with van der Waals surface area (Å²) in [5.74, 6) is -0.172. The lowest BCUT2D eigenvalue weighted by atomic mass is 10.2. The quantitative estimate of drug-likeness (QED) is 0.943. The largest absolute Gasteiger partial charge is 0.352 e. The number of benzene rings is 1. The number of rotatable bonds is 4. The molecule has 1 heterocycles. The van der Waals surface area contributed by atoms with Gasteiger partial charge in [0.25, 0.3) is 5.91 Å². The van der Waals surface area contributed by atoms with Crippen molar-refractivity contribution < 1.29 is 4.79 Å². The first-order chi connectivity index (χ1) is 9.06. The monoisotopic (exact) mass is 297 g/mol. The van der Waals surface area contributed by atoms with Crippen LogP contribution in [0.2, 0.25) is 10.0 Å². The fourth-order valence-corrected chi connectivity index (χ4v) is 1.94. The predicted octanol–water partition coefficient (Wildman–Crippen LogP) is 2.70. The lowest BCUT2D eigenvalue weighted by molar-refractivity contribution is 0.0954. The molecule has 1 aromatic heterocycles. The number of halogens is 2. The second-order valence-electron chi connectivity index (χ2n) is 4.17. The van der Waals surface area contributed by atoms with E-state index >= 15 is 0 Å². The molecule has 2 aromatic rings. The average Bonchev–Trinajstić information content (AvgIpc) is 2.78. The van der Waals surface area contributed by atoms with Crippen LogP contribution in [-0.2, 0) is 13.5 Å². The maximum absolute atomic E-state index is 11.9. The van der Waals surface area contributed by atoms with Gasteiger partial charge in [-0.15, -0.1) is 0 Å². The Morgan fingerprint density at radius 2 is 2.16 bits per heavy atom. The first-order valence-corrected chi connectivity index (χ1v) is 6.52. The molecule has 0 fully saturated rings. The van der Waals surface area contributed by atoms with Gasteiger partial charge >= 0.3 is 0 Å². The number of amides is 1. The molecule has 0 aliphatic heterocycles. The van der Waals surface area contributed by atoms with Crippen LogP contribution in [-0.4, -0.2) is 22.0 Å². The van der Waals surface area contributed by atoms with Crippen LogP contribution in [0.25, 0.3) is 0 Å². The van der Waals surface area contributed by atoms with E-state index in [2.05, 4.69) is 10.3 Å². The molecule has 0 aliphatic rings. The number of aromatic nitrogens is 2. The predicted molar refractivity (Wildman–Crippen MR) is 75.7 cm³/mol. The molecule has 0 aliphatic carbocycles. The van der Waals surface area contributed by atoms with E-state index in [0.717, 1.165) is 5.69 Å². The summed E-state index contributed by atoms with van der Waals surface area (Å²) >= 11 is 11.7. The van der Waals surface area contributed by atoms with Gasteiger partial charge < -0.3 is 9.88 Å². The van der Waals surface area contributed by atoms with E-state index in [0.29, 0.717) is 28.6 Å². The molecule has 0 saturated heterocycles. The van der Waals surface area contributed by atoms with E-state index in [1.807, 2.05) is 17.8 Å². The van der Waals surface area contributed by atoms with Crippen molar-refractivity contribution in [1.82, 2.24) is 14.9 Å². The van der Waals surface area contributed by atoms with Gasteiger partial charge in [-0.2, -0.15) is 0 Å². The highest BCUT2D eigenvalue weighted by Gasteiger charge is 2.07. The van der Waals surface area contributed by atoms with Gasteiger partial charge in [-0.3, -0.25) is 4.79 Å². The zero-order valence-corrected chi connectivity index (χ0v) is 11.9. The number of hydrogen-bond donors (Lipinski definition) is 1. The van der Waals surface area contributed by atoms with Crippen molar-refractivity contribution in [3.8, 4) is 0 Å².